The molecular weight excluding hydrogens is 284 g/mol. The molecule has 0 radical (unpaired) electrons. The van der Waals surface area contributed by atoms with Crippen LogP contribution in [-0.2, 0) is 6.42 Å². The van der Waals surface area contributed by atoms with E-state index in [-0.39, 0.29) is 5.78 Å². The predicted octanol–water partition coefficient (Wildman–Crippen LogP) is 5.14. The maximum Gasteiger partial charge on any atom is 0.166 e. The molecule has 0 fully saturated rings. The van der Waals surface area contributed by atoms with Crippen molar-refractivity contribution in [3.8, 4) is 0 Å². The minimum atomic E-state index is 0.248. The molecule has 0 aliphatic heterocycles. The fourth-order valence-corrected chi connectivity index (χ4v) is 3.41. The number of benzene rings is 1. The van der Waals surface area contributed by atoms with Gasteiger partial charge in [-0.2, -0.15) is 0 Å². The van der Waals surface area contributed by atoms with E-state index in [0.29, 0.717) is 6.42 Å². The Morgan fingerprint density at radius 3 is 2.78 bits per heavy atom. The van der Waals surface area contributed by atoms with Crippen LogP contribution in [0.15, 0.2) is 24.3 Å². The van der Waals surface area contributed by atoms with Crippen molar-refractivity contribution in [2.75, 3.05) is 11.9 Å². The van der Waals surface area contributed by atoms with Gasteiger partial charge in [0.2, 0.25) is 0 Å². The Morgan fingerprint density at radius 1 is 1.09 bits per heavy atom. The standard InChI is InChI=1S/C20H26N2O/c1-2-3-4-5-8-14-21-20-15-10-6-7-11-16(15)22-17-12-9-13-18(23)19(17)20/h6-7,10-11H,2-5,8-9,12-14H2,1H3,(H,21,22). The van der Waals surface area contributed by atoms with Gasteiger partial charge < -0.3 is 5.32 Å². The zero-order valence-electron chi connectivity index (χ0n) is 14.0. The lowest BCUT2D eigenvalue weighted by atomic mass is 9.91. The highest BCUT2D eigenvalue weighted by Gasteiger charge is 2.24. The number of Topliss-reactive ketones (excluding diaryl/α,β-unsaturated/α-hetero) is 1. The van der Waals surface area contributed by atoms with Crippen LogP contribution in [0.2, 0.25) is 0 Å². The Morgan fingerprint density at radius 2 is 1.91 bits per heavy atom. The third-order valence-electron chi connectivity index (χ3n) is 4.65. The van der Waals surface area contributed by atoms with E-state index < -0.39 is 0 Å². The molecule has 1 aromatic carbocycles. The largest absolute Gasteiger partial charge is 0.384 e. The number of hydrogen-bond acceptors (Lipinski definition) is 3. The minimum absolute atomic E-state index is 0.248. The molecule has 2 aromatic rings. The summed E-state index contributed by atoms with van der Waals surface area (Å²) in [6.45, 7) is 3.16. The van der Waals surface area contributed by atoms with Crippen LogP contribution in [0.5, 0.6) is 0 Å². The highest BCUT2D eigenvalue weighted by Crippen LogP contribution is 2.33. The van der Waals surface area contributed by atoms with Gasteiger partial charge in [0, 0.05) is 18.4 Å². The van der Waals surface area contributed by atoms with Crippen molar-refractivity contribution in [1.29, 1.82) is 0 Å². The van der Waals surface area contributed by atoms with E-state index in [4.69, 9.17) is 4.98 Å². The summed E-state index contributed by atoms with van der Waals surface area (Å²) < 4.78 is 0. The molecule has 0 spiro atoms. The number of pyridine rings is 1. The van der Waals surface area contributed by atoms with Crippen LogP contribution in [0.4, 0.5) is 5.69 Å². The number of nitrogens with zero attached hydrogens (tertiary/aromatic N) is 1. The number of fused-ring (bicyclic) bond motifs is 2. The molecule has 0 amide bonds. The molecule has 3 rings (SSSR count). The number of aromatic nitrogens is 1. The van der Waals surface area contributed by atoms with Gasteiger partial charge in [0.05, 0.1) is 22.5 Å². The summed E-state index contributed by atoms with van der Waals surface area (Å²) in [5.74, 6) is 0.248. The average molecular weight is 310 g/mol. The number of para-hydroxylation sites is 1. The Labute approximate surface area is 138 Å². The van der Waals surface area contributed by atoms with Gasteiger partial charge in [-0.25, -0.2) is 0 Å². The van der Waals surface area contributed by atoms with Crippen LogP contribution in [0, 0.1) is 0 Å². The zero-order valence-corrected chi connectivity index (χ0v) is 14.0. The van der Waals surface area contributed by atoms with E-state index in [1.54, 1.807) is 0 Å². The molecule has 122 valence electrons. The first-order valence-electron chi connectivity index (χ1n) is 9.00. The number of carbonyl (C=O) groups excluding carboxylic acids is 1. The van der Waals surface area contributed by atoms with Gasteiger partial charge in [0.25, 0.3) is 0 Å². The van der Waals surface area contributed by atoms with Gasteiger partial charge in [0.1, 0.15) is 0 Å². The molecule has 0 saturated carbocycles. The first-order valence-corrected chi connectivity index (χ1v) is 9.00. The second kappa shape index (κ2) is 7.58. The van der Waals surface area contributed by atoms with E-state index in [1.807, 2.05) is 18.2 Å². The van der Waals surface area contributed by atoms with Crippen LogP contribution in [0.25, 0.3) is 10.9 Å². The summed E-state index contributed by atoms with van der Waals surface area (Å²) in [4.78, 5) is 17.2. The van der Waals surface area contributed by atoms with Crippen molar-refractivity contribution in [2.24, 2.45) is 0 Å². The number of rotatable bonds is 7. The molecule has 0 atom stereocenters. The Bertz CT molecular complexity index is 693. The van der Waals surface area contributed by atoms with E-state index in [9.17, 15) is 4.79 Å². The summed E-state index contributed by atoms with van der Waals surface area (Å²) in [6, 6.07) is 8.15. The number of anilines is 1. The first-order chi connectivity index (χ1) is 11.3. The van der Waals surface area contributed by atoms with E-state index in [2.05, 4.69) is 18.3 Å². The highest BCUT2D eigenvalue weighted by atomic mass is 16.1. The van der Waals surface area contributed by atoms with Gasteiger partial charge >= 0.3 is 0 Å². The molecule has 23 heavy (non-hydrogen) atoms. The predicted molar refractivity (Wildman–Crippen MR) is 96.3 cm³/mol. The minimum Gasteiger partial charge on any atom is -0.384 e. The summed E-state index contributed by atoms with van der Waals surface area (Å²) in [5.41, 5.74) is 3.84. The second-order valence-electron chi connectivity index (χ2n) is 6.44. The van der Waals surface area contributed by atoms with Gasteiger partial charge in [-0.1, -0.05) is 50.8 Å². The maximum atomic E-state index is 12.4. The number of ketones is 1. The van der Waals surface area contributed by atoms with Crippen molar-refractivity contribution in [1.82, 2.24) is 4.98 Å². The number of nitrogens with one attached hydrogen (secondary N) is 1. The SMILES string of the molecule is CCCCCCCNc1c2c(nc3ccccc13)CCCC2=O. The molecular formula is C20H26N2O. The fraction of sp³-hybridized carbons (Fsp3) is 0.500. The topological polar surface area (TPSA) is 42.0 Å². The first kappa shape index (κ1) is 16.0. The second-order valence-corrected chi connectivity index (χ2v) is 6.44. The van der Waals surface area contributed by atoms with Crippen molar-refractivity contribution in [2.45, 2.75) is 58.3 Å². The quantitative estimate of drug-likeness (QED) is 0.720. The zero-order chi connectivity index (χ0) is 16.1. The van der Waals surface area contributed by atoms with Gasteiger partial charge in [-0.3, -0.25) is 9.78 Å². The molecule has 0 unspecified atom stereocenters. The van der Waals surface area contributed by atoms with Crippen LogP contribution < -0.4 is 5.32 Å². The normalized spacial score (nSPS) is 14.0. The van der Waals surface area contributed by atoms with Crippen molar-refractivity contribution >= 4 is 22.4 Å². The van der Waals surface area contributed by atoms with Crippen molar-refractivity contribution in [3.05, 3.63) is 35.5 Å². The summed E-state index contributed by atoms with van der Waals surface area (Å²) in [7, 11) is 0. The highest BCUT2D eigenvalue weighted by molar-refractivity contribution is 6.09. The maximum absolute atomic E-state index is 12.4. The van der Waals surface area contributed by atoms with E-state index in [0.717, 1.165) is 53.7 Å². The van der Waals surface area contributed by atoms with Gasteiger partial charge in [0.15, 0.2) is 5.78 Å². The van der Waals surface area contributed by atoms with Crippen molar-refractivity contribution < 1.29 is 4.79 Å². The molecule has 0 saturated heterocycles. The third kappa shape index (κ3) is 3.54. The molecule has 3 heteroatoms. The Kier molecular flexibility index (Phi) is 5.27. The Balaban J connectivity index is 1.84. The van der Waals surface area contributed by atoms with Crippen LogP contribution >= 0.6 is 0 Å². The van der Waals surface area contributed by atoms with E-state index in [1.165, 1.54) is 25.7 Å². The molecule has 1 aliphatic rings. The lowest BCUT2D eigenvalue weighted by Gasteiger charge is -2.20. The molecule has 1 heterocycles. The summed E-state index contributed by atoms with van der Waals surface area (Å²) in [6.07, 6.45) is 8.77. The monoisotopic (exact) mass is 310 g/mol. The molecule has 1 aliphatic carbocycles. The molecule has 0 bridgehead atoms. The number of hydrogen-bond donors (Lipinski definition) is 1. The lowest BCUT2D eigenvalue weighted by Crippen LogP contribution is -2.17. The molecule has 1 aromatic heterocycles. The number of carbonyl (C=O) groups is 1. The average Bonchev–Trinajstić information content (AvgIpc) is 2.57. The fourth-order valence-electron chi connectivity index (χ4n) is 3.41. The Hall–Kier alpha value is -1.90. The van der Waals surface area contributed by atoms with Crippen LogP contribution in [-0.4, -0.2) is 17.3 Å². The third-order valence-corrected chi connectivity index (χ3v) is 4.65. The molecule has 3 nitrogen and oxygen atoms in total. The van der Waals surface area contributed by atoms with Crippen LogP contribution in [0.1, 0.15) is 67.9 Å². The van der Waals surface area contributed by atoms with Gasteiger partial charge in [-0.15, -0.1) is 0 Å². The number of unbranched alkanes of at least 4 members (excludes halogenated alkanes) is 4. The summed E-state index contributed by atoms with van der Waals surface area (Å²) in [5, 5.41) is 4.64. The van der Waals surface area contributed by atoms with Crippen LogP contribution in [0.3, 0.4) is 0 Å². The van der Waals surface area contributed by atoms with Gasteiger partial charge in [-0.05, 0) is 25.3 Å². The van der Waals surface area contributed by atoms with Crippen molar-refractivity contribution in [3.63, 3.8) is 0 Å². The smallest absolute Gasteiger partial charge is 0.166 e. The lowest BCUT2D eigenvalue weighted by molar-refractivity contribution is 0.0972. The summed E-state index contributed by atoms with van der Waals surface area (Å²) >= 11 is 0. The molecule has 1 N–H and O–H groups in total. The van der Waals surface area contributed by atoms with E-state index >= 15 is 0 Å². The number of aryl methyl sites for hydroxylation is 1.